The zero-order chi connectivity index (χ0) is 22.9. The Kier molecular flexibility index (Phi) is 5.88. The summed E-state index contributed by atoms with van der Waals surface area (Å²) in [5.74, 6) is 1.83. The number of rotatable bonds is 4. The van der Waals surface area contributed by atoms with Crippen LogP contribution in [0.5, 0.6) is 0 Å². The molecule has 2 saturated heterocycles. The highest BCUT2D eigenvalue weighted by atomic mass is 16.5. The van der Waals surface area contributed by atoms with Crippen molar-refractivity contribution in [2.45, 2.75) is 45.2 Å². The Morgan fingerprint density at radius 1 is 1.15 bits per heavy atom. The molecule has 1 aromatic heterocycles. The van der Waals surface area contributed by atoms with E-state index in [1.165, 1.54) is 0 Å². The maximum absolute atomic E-state index is 12.4. The number of morpholine rings is 1. The third-order valence-electron chi connectivity index (χ3n) is 6.64. The number of fused-ring (bicyclic) bond motifs is 3. The normalized spacial score (nSPS) is 22.1. The first-order valence-electron chi connectivity index (χ1n) is 11.7. The predicted octanol–water partition coefficient (Wildman–Crippen LogP) is 2.73. The Bertz CT molecular complexity index is 1060. The second kappa shape index (κ2) is 8.97. The molecule has 33 heavy (non-hydrogen) atoms. The van der Waals surface area contributed by atoms with Gasteiger partial charge in [0.05, 0.1) is 31.0 Å². The quantitative estimate of drug-likeness (QED) is 0.743. The van der Waals surface area contributed by atoms with E-state index in [0.29, 0.717) is 37.7 Å². The Hall–Kier alpha value is -3.20. The number of aromatic nitrogens is 2. The number of nitrogens with one attached hydrogen (secondary N) is 2. The first kappa shape index (κ1) is 21.6. The molecule has 0 saturated carbocycles. The Morgan fingerprint density at radius 3 is 2.73 bits per heavy atom. The summed E-state index contributed by atoms with van der Waals surface area (Å²) in [7, 11) is 0. The molecule has 174 valence electrons. The topological polar surface area (TPSA) is 99.7 Å². The first-order chi connectivity index (χ1) is 16.0. The summed E-state index contributed by atoms with van der Waals surface area (Å²) in [6.07, 6.45) is 2.15. The number of amides is 3. The summed E-state index contributed by atoms with van der Waals surface area (Å²) in [6, 6.07) is 7.58. The molecule has 3 aliphatic heterocycles. The van der Waals surface area contributed by atoms with Gasteiger partial charge >= 0.3 is 6.03 Å². The van der Waals surface area contributed by atoms with Crippen LogP contribution in [0.3, 0.4) is 0 Å². The monoisotopic (exact) mass is 450 g/mol. The molecule has 4 heterocycles. The van der Waals surface area contributed by atoms with E-state index in [1.54, 1.807) is 0 Å². The standard InChI is InChI=1S/C24H30N6O3/c1-3-25-24(32)26-17-6-4-16(5-7-17)22-27-21-18(10-11-30-19(21)8-9-20(30)31)23(28-22)29-12-13-33-14-15(29)2/h4-7,15,19H,3,8-14H2,1-2H3,(H2,25,26,32)/t15-,19+/m1/s1. The van der Waals surface area contributed by atoms with E-state index in [1.807, 2.05) is 36.1 Å². The Balaban J connectivity index is 1.53. The molecular weight excluding hydrogens is 420 g/mol. The van der Waals surface area contributed by atoms with Gasteiger partial charge in [0.1, 0.15) is 5.82 Å². The van der Waals surface area contributed by atoms with Crippen LogP contribution < -0.4 is 15.5 Å². The fraction of sp³-hybridized carbons (Fsp3) is 0.500. The van der Waals surface area contributed by atoms with Gasteiger partial charge in [0.2, 0.25) is 5.91 Å². The van der Waals surface area contributed by atoms with Crippen LogP contribution in [0.4, 0.5) is 16.3 Å². The average Bonchev–Trinajstić information content (AvgIpc) is 3.20. The molecule has 9 heteroatoms. The average molecular weight is 451 g/mol. The van der Waals surface area contributed by atoms with Crippen molar-refractivity contribution in [2.75, 3.05) is 43.1 Å². The molecule has 0 bridgehead atoms. The lowest BCUT2D eigenvalue weighted by Gasteiger charge is -2.38. The predicted molar refractivity (Wildman–Crippen MR) is 125 cm³/mol. The highest BCUT2D eigenvalue weighted by Gasteiger charge is 2.40. The lowest BCUT2D eigenvalue weighted by Crippen LogP contribution is -2.45. The lowest BCUT2D eigenvalue weighted by molar-refractivity contribution is -0.129. The number of urea groups is 1. The molecule has 0 unspecified atom stereocenters. The molecule has 0 spiro atoms. The van der Waals surface area contributed by atoms with Gasteiger partial charge in [-0.15, -0.1) is 0 Å². The summed E-state index contributed by atoms with van der Waals surface area (Å²) < 4.78 is 5.66. The van der Waals surface area contributed by atoms with E-state index in [2.05, 4.69) is 22.5 Å². The second-order valence-corrected chi connectivity index (χ2v) is 8.81. The van der Waals surface area contributed by atoms with Crippen LogP contribution in [0.1, 0.15) is 44.0 Å². The summed E-state index contributed by atoms with van der Waals surface area (Å²) in [5.41, 5.74) is 3.73. The maximum Gasteiger partial charge on any atom is 0.319 e. The zero-order valence-corrected chi connectivity index (χ0v) is 19.1. The number of anilines is 2. The highest BCUT2D eigenvalue weighted by Crippen LogP contribution is 2.41. The van der Waals surface area contributed by atoms with Gasteiger partial charge in [0, 0.05) is 42.9 Å². The summed E-state index contributed by atoms with van der Waals surface area (Å²) in [6.45, 7) is 7.45. The number of hydrogen-bond donors (Lipinski definition) is 2. The van der Waals surface area contributed by atoms with Crippen LogP contribution in [-0.2, 0) is 16.0 Å². The first-order valence-corrected chi connectivity index (χ1v) is 11.7. The van der Waals surface area contributed by atoms with Gasteiger partial charge in [-0.05, 0) is 51.0 Å². The molecule has 3 amide bonds. The highest BCUT2D eigenvalue weighted by molar-refractivity contribution is 5.89. The minimum absolute atomic E-state index is 0.0248. The molecule has 2 N–H and O–H groups in total. The van der Waals surface area contributed by atoms with E-state index in [-0.39, 0.29) is 24.0 Å². The molecule has 2 aromatic rings. The number of ether oxygens (including phenoxy) is 1. The minimum atomic E-state index is -0.232. The molecule has 9 nitrogen and oxygen atoms in total. The van der Waals surface area contributed by atoms with Crippen LogP contribution in [-0.4, -0.2) is 65.7 Å². The van der Waals surface area contributed by atoms with Crippen molar-refractivity contribution in [1.29, 1.82) is 0 Å². The summed E-state index contributed by atoms with van der Waals surface area (Å²) >= 11 is 0. The van der Waals surface area contributed by atoms with E-state index >= 15 is 0 Å². The molecule has 2 fully saturated rings. The van der Waals surface area contributed by atoms with Crippen molar-refractivity contribution in [3.8, 4) is 11.4 Å². The van der Waals surface area contributed by atoms with Gasteiger partial charge in [0.15, 0.2) is 5.82 Å². The van der Waals surface area contributed by atoms with Gasteiger partial charge in [-0.3, -0.25) is 4.79 Å². The van der Waals surface area contributed by atoms with E-state index < -0.39 is 0 Å². The van der Waals surface area contributed by atoms with Gasteiger partial charge < -0.3 is 25.2 Å². The molecule has 0 aliphatic carbocycles. The van der Waals surface area contributed by atoms with Gasteiger partial charge in [-0.2, -0.15) is 0 Å². The largest absolute Gasteiger partial charge is 0.377 e. The number of hydrogen-bond acceptors (Lipinski definition) is 6. The SMILES string of the molecule is CCNC(=O)Nc1ccc(-c2nc3c(c(N4CCOC[C@H]4C)n2)CCN2C(=O)CC[C@@H]32)cc1. The number of carbonyl (C=O) groups is 2. The fourth-order valence-electron chi connectivity index (χ4n) is 4.98. The summed E-state index contributed by atoms with van der Waals surface area (Å²) in [4.78, 5) is 38.6. The van der Waals surface area contributed by atoms with Crippen LogP contribution >= 0.6 is 0 Å². The third kappa shape index (κ3) is 4.13. The smallest absolute Gasteiger partial charge is 0.319 e. The number of nitrogens with zero attached hydrogens (tertiary/aromatic N) is 4. The molecule has 3 aliphatic rings. The molecule has 5 rings (SSSR count). The maximum atomic E-state index is 12.4. The number of carbonyl (C=O) groups excluding carboxylic acids is 2. The van der Waals surface area contributed by atoms with Crippen molar-refractivity contribution in [3.05, 3.63) is 35.5 Å². The van der Waals surface area contributed by atoms with Crippen LogP contribution in [0.15, 0.2) is 24.3 Å². The molecule has 1 aromatic carbocycles. The fourth-order valence-corrected chi connectivity index (χ4v) is 4.98. The van der Waals surface area contributed by atoms with Crippen LogP contribution in [0.2, 0.25) is 0 Å². The Morgan fingerprint density at radius 2 is 1.97 bits per heavy atom. The van der Waals surface area contributed by atoms with Gasteiger partial charge in [-0.1, -0.05) is 0 Å². The molecular formula is C24H30N6O3. The van der Waals surface area contributed by atoms with Gasteiger partial charge in [-0.25, -0.2) is 14.8 Å². The van der Waals surface area contributed by atoms with Crippen molar-refractivity contribution in [3.63, 3.8) is 0 Å². The van der Waals surface area contributed by atoms with Crippen molar-refractivity contribution in [2.24, 2.45) is 0 Å². The Labute approximate surface area is 193 Å². The number of benzene rings is 1. The second-order valence-electron chi connectivity index (χ2n) is 8.81. The summed E-state index contributed by atoms with van der Waals surface area (Å²) in [5, 5.41) is 5.54. The van der Waals surface area contributed by atoms with Crippen molar-refractivity contribution in [1.82, 2.24) is 20.2 Å². The zero-order valence-electron chi connectivity index (χ0n) is 19.1. The third-order valence-corrected chi connectivity index (χ3v) is 6.64. The molecule has 0 radical (unpaired) electrons. The van der Waals surface area contributed by atoms with Crippen LogP contribution in [0, 0.1) is 0 Å². The minimum Gasteiger partial charge on any atom is -0.377 e. The molecule has 2 atom stereocenters. The van der Waals surface area contributed by atoms with E-state index in [4.69, 9.17) is 14.7 Å². The van der Waals surface area contributed by atoms with Gasteiger partial charge in [0.25, 0.3) is 0 Å². The van der Waals surface area contributed by atoms with Crippen LogP contribution in [0.25, 0.3) is 11.4 Å². The van der Waals surface area contributed by atoms with E-state index in [0.717, 1.165) is 48.6 Å². The lowest BCUT2D eigenvalue weighted by atomic mass is 9.97. The van der Waals surface area contributed by atoms with E-state index in [9.17, 15) is 9.59 Å². The van der Waals surface area contributed by atoms with Crippen molar-refractivity contribution >= 4 is 23.4 Å². The van der Waals surface area contributed by atoms with Crippen molar-refractivity contribution < 1.29 is 14.3 Å².